The molecule has 1 fully saturated rings. The number of alkyl halides is 2. The summed E-state index contributed by atoms with van der Waals surface area (Å²) in [7, 11) is 0. The lowest BCUT2D eigenvalue weighted by atomic mass is 9.89. The highest BCUT2D eigenvalue weighted by Crippen LogP contribution is 2.34. The molecule has 2 nitrogen and oxygen atoms in total. The summed E-state index contributed by atoms with van der Waals surface area (Å²) in [4.78, 5) is 0. The number of rotatable bonds is 2. The molecule has 60 valence electrons. The molecular weight excluding hydrogens is 142 g/mol. The predicted molar refractivity (Wildman–Crippen MR) is 31.0 cm³/mol. The van der Waals surface area contributed by atoms with Crippen molar-refractivity contribution in [3.8, 4) is 0 Å². The number of hydrogen-bond donors (Lipinski definition) is 1. The van der Waals surface area contributed by atoms with Gasteiger partial charge in [-0.05, 0) is 6.42 Å². The molecule has 1 aliphatic heterocycles. The van der Waals surface area contributed by atoms with Gasteiger partial charge in [0.1, 0.15) is 0 Å². The normalized spacial score (nSPS) is 33.6. The Kier molecular flexibility index (Phi) is 2.21. The highest BCUT2D eigenvalue weighted by Gasteiger charge is 2.43. The summed E-state index contributed by atoms with van der Waals surface area (Å²) in [5.41, 5.74) is -1.26. The van der Waals surface area contributed by atoms with Crippen LogP contribution in [0.15, 0.2) is 0 Å². The molecule has 0 aromatic carbocycles. The average Bonchev–Trinajstić information content (AvgIpc) is 2.35. The summed E-state index contributed by atoms with van der Waals surface area (Å²) in [6.07, 6.45) is -2.21. The second-order valence-corrected chi connectivity index (χ2v) is 2.62. The molecule has 0 bridgehead atoms. The van der Waals surface area contributed by atoms with Gasteiger partial charge in [-0.15, -0.1) is 0 Å². The molecule has 0 saturated carbocycles. The van der Waals surface area contributed by atoms with E-state index in [1.54, 1.807) is 0 Å². The van der Waals surface area contributed by atoms with E-state index in [4.69, 9.17) is 9.84 Å². The van der Waals surface area contributed by atoms with Gasteiger partial charge in [0.05, 0.1) is 18.6 Å². The minimum absolute atomic E-state index is 0.0127. The van der Waals surface area contributed by atoms with Crippen LogP contribution in [0.5, 0.6) is 0 Å². The van der Waals surface area contributed by atoms with Crippen molar-refractivity contribution in [3.63, 3.8) is 0 Å². The number of aliphatic hydroxyl groups is 1. The lowest BCUT2D eigenvalue weighted by Crippen LogP contribution is -2.33. The second-order valence-electron chi connectivity index (χ2n) is 2.62. The van der Waals surface area contributed by atoms with Gasteiger partial charge >= 0.3 is 0 Å². The number of aliphatic hydroxyl groups excluding tert-OH is 1. The molecule has 1 aliphatic rings. The Balaban J connectivity index is 2.58. The molecule has 0 aliphatic carbocycles. The Bertz CT molecular complexity index is 110. The van der Waals surface area contributed by atoms with Crippen LogP contribution in [0.3, 0.4) is 0 Å². The SMILES string of the molecule is OCC1(C(F)F)CCOC1. The molecule has 0 aromatic heterocycles. The summed E-state index contributed by atoms with van der Waals surface area (Å²) in [6, 6.07) is 0. The van der Waals surface area contributed by atoms with E-state index < -0.39 is 18.4 Å². The summed E-state index contributed by atoms with van der Waals surface area (Å²) >= 11 is 0. The maximum atomic E-state index is 12.2. The first-order chi connectivity index (χ1) is 4.71. The average molecular weight is 152 g/mol. The van der Waals surface area contributed by atoms with Gasteiger partial charge in [0.15, 0.2) is 0 Å². The largest absolute Gasteiger partial charge is 0.395 e. The van der Waals surface area contributed by atoms with Crippen LogP contribution in [-0.2, 0) is 4.74 Å². The zero-order valence-electron chi connectivity index (χ0n) is 5.52. The fraction of sp³-hybridized carbons (Fsp3) is 1.00. The summed E-state index contributed by atoms with van der Waals surface area (Å²) in [5.74, 6) is 0. The fourth-order valence-corrected chi connectivity index (χ4v) is 0.989. The molecule has 1 unspecified atom stereocenters. The first-order valence-corrected chi connectivity index (χ1v) is 3.18. The van der Waals surface area contributed by atoms with Crippen molar-refractivity contribution in [1.82, 2.24) is 0 Å². The van der Waals surface area contributed by atoms with Crippen molar-refractivity contribution in [1.29, 1.82) is 0 Å². The van der Waals surface area contributed by atoms with Gasteiger partial charge in [-0.2, -0.15) is 0 Å². The first-order valence-electron chi connectivity index (χ1n) is 3.18. The van der Waals surface area contributed by atoms with Crippen LogP contribution in [0.4, 0.5) is 8.78 Å². The van der Waals surface area contributed by atoms with E-state index in [0.29, 0.717) is 6.61 Å². The highest BCUT2D eigenvalue weighted by atomic mass is 19.3. The summed E-state index contributed by atoms with van der Waals surface area (Å²) in [6.45, 7) is -0.156. The van der Waals surface area contributed by atoms with E-state index in [9.17, 15) is 8.78 Å². The third kappa shape index (κ3) is 1.13. The maximum absolute atomic E-state index is 12.2. The van der Waals surface area contributed by atoms with Crippen molar-refractivity contribution < 1.29 is 18.6 Å². The second kappa shape index (κ2) is 2.80. The van der Waals surface area contributed by atoms with Crippen LogP contribution in [0, 0.1) is 5.41 Å². The Morgan fingerprint density at radius 3 is 2.50 bits per heavy atom. The van der Waals surface area contributed by atoms with Crippen LogP contribution in [0.2, 0.25) is 0 Å². The van der Waals surface area contributed by atoms with E-state index in [1.807, 2.05) is 0 Å². The summed E-state index contributed by atoms with van der Waals surface area (Å²) < 4.78 is 29.1. The molecule has 1 atom stereocenters. The van der Waals surface area contributed by atoms with Crippen LogP contribution < -0.4 is 0 Å². The molecule has 0 radical (unpaired) electrons. The molecule has 0 spiro atoms. The third-order valence-electron chi connectivity index (χ3n) is 1.91. The van der Waals surface area contributed by atoms with Gasteiger partial charge < -0.3 is 9.84 Å². The zero-order valence-corrected chi connectivity index (χ0v) is 5.52. The Labute approximate surface area is 57.8 Å². The summed E-state index contributed by atoms with van der Waals surface area (Å²) in [5, 5.41) is 8.63. The lowest BCUT2D eigenvalue weighted by molar-refractivity contribution is -0.0455. The Morgan fingerprint density at radius 2 is 2.30 bits per heavy atom. The molecule has 1 N–H and O–H groups in total. The Morgan fingerprint density at radius 1 is 1.60 bits per heavy atom. The fourth-order valence-electron chi connectivity index (χ4n) is 0.989. The van der Waals surface area contributed by atoms with Gasteiger partial charge in [0.25, 0.3) is 0 Å². The predicted octanol–water partition coefficient (Wildman–Crippen LogP) is 0.651. The topological polar surface area (TPSA) is 29.5 Å². The molecule has 0 amide bonds. The van der Waals surface area contributed by atoms with Gasteiger partial charge in [0.2, 0.25) is 6.43 Å². The molecule has 10 heavy (non-hydrogen) atoms. The van der Waals surface area contributed by atoms with Crippen molar-refractivity contribution in [2.75, 3.05) is 19.8 Å². The Hall–Kier alpha value is -0.220. The molecular formula is C6H10F2O2. The van der Waals surface area contributed by atoms with Gasteiger partial charge in [-0.25, -0.2) is 8.78 Å². The maximum Gasteiger partial charge on any atom is 0.248 e. The molecule has 1 heterocycles. The monoisotopic (exact) mass is 152 g/mol. The number of hydrogen-bond acceptors (Lipinski definition) is 2. The van der Waals surface area contributed by atoms with Crippen molar-refractivity contribution in [3.05, 3.63) is 0 Å². The van der Waals surface area contributed by atoms with Crippen LogP contribution in [0.1, 0.15) is 6.42 Å². The van der Waals surface area contributed by atoms with Gasteiger partial charge in [-0.1, -0.05) is 0 Å². The minimum Gasteiger partial charge on any atom is -0.395 e. The molecule has 1 saturated heterocycles. The minimum atomic E-state index is -2.47. The van der Waals surface area contributed by atoms with E-state index >= 15 is 0 Å². The lowest BCUT2D eigenvalue weighted by Gasteiger charge is -2.22. The third-order valence-corrected chi connectivity index (χ3v) is 1.91. The van der Waals surface area contributed by atoms with Crippen molar-refractivity contribution in [2.45, 2.75) is 12.8 Å². The van der Waals surface area contributed by atoms with E-state index in [-0.39, 0.29) is 13.0 Å². The van der Waals surface area contributed by atoms with E-state index in [0.717, 1.165) is 0 Å². The molecule has 1 rings (SSSR count). The van der Waals surface area contributed by atoms with Crippen molar-refractivity contribution >= 4 is 0 Å². The van der Waals surface area contributed by atoms with Gasteiger partial charge in [-0.3, -0.25) is 0 Å². The molecule has 4 heteroatoms. The van der Waals surface area contributed by atoms with Crippen LogP contribution >= 0.6 is 0 Å². The first kappa shape index (κ1) is 7.88. The number of halogens is 2. The van der Waals surface area contributed by atoms with E-state index in [1.165, 1.54) is 0 Å². The smallest absolute Gasteiger partial charge is 0.248 e. The van der Waals surface area contributed by atoms with Crippen LogP contribution in [0.25, 0.3) is 0 Å². The standard InChI is InChI=1S/C6H10F2O2/c7-5(8)6(3-9)1-2-10-4-6/h5,9H,1-4H2. The zero-order chi connectivity index (χ0) is 7.61. The molecule has 0 aromatic rings. The highest BCUT2D eigenvalue weighted by molar-refractivity contribution is 4.84. The van der Waals surface area contributed by atoms with Crippen LogP contribution in [-0.4, -0.2) is 31.4 Å². The quantitative estimate of drug-likeness (QED) is 0.629. The van der Waals surface area contributed by atoms with E-state index in [2.05, 4.69) is 0 Å². The number of ether oxygens (including phenoxy) is 1. The van der Waals surface area contributed by atoms with Gasteiger partial charge in [0, 0.05) is 6.61 Å². The van der Waals surface area contributed by atoms with Crippen molar-refractivity contribution in [2.24, 2.45) is 5.41 Å².